The van der Waals surface area contributed by atoms with Crippen molar-refractivity contribution < 1.29 is 23.1 Å². The van der Waals surface area contributed by atoms with Gasteiger partial charge in [-0.25, -0.2) is 0 Å². The summed E-state index contributed by atoms with van der Waals surface area (Å²) in [4.78, 5) is 17.1. The van der Waals surface area contributed by atoms with E-state index >= 15 is 0 Å². The number of aromatic hydroxyl groups is 1. The standard InChI is InChI=1S/C23H18F3N3O2S2/c24-23(25,26)15-5-3-6-16(12-15)28-20(30)9-4-10-29-21(31)19(33-22(29)32)11-14-13-27-18-8-2-1-7-17(14)18/h1-3,5-8,11-13,31H,4,9-10H2,(H,28,30)/b14-11-. The highest BCUT2D eigenvalue weighted by molar-refractivity contribution is 7.73. The minimum absolute atomic E-state index is 0.00793. The molecule has 1 aliphatic heterocycles. The molecule has 0 bridgehead atoms. The van der Waals surface area contributed by atoms with Crippen molar-refractivity contribution in [3.63, 3.8) is 0 Å². The van der Waals surface area contributed by atoms with Crippen LogP contribution in [-0.2, 0) is 17.5 Å². The number of nitrogens with one attached hydrogen (secondary N) is 1. The molecule has 0 fully saturated rings. The topological polar surface area (TPSA) is 66.6 Å². The summed E-state index contributed by atoms with van der Waals surface area (Å²) < 4.78 is 40.4. The van der Waals surface area contributed by atoms with Crippen LogP contribution in [0.4, 0.5) is 24.5 Å². The number of amides is 1. The van der Waals surface area contributed by atoms with Crippen LogP contribution in [0.25, 0.3) is 11.6 Å². The van der Waals surface area contributed by atoms with Gasteiger partial charge in [-0.3, -0.25) is 14.4 Å². The zero-order valence-corrected chi connectivity index (χ0v) is 18.7. The second kappa shape index (κ2) is 9.32. The first-order valence-electron chi connectivity index (χ1n) is 9.97. The van der Waals surface area contributed by atoms with Crippen LogP contribution in [0.3, 0.4) is 0 Å². The monoisotopic (exact) mass is 489 g/mol. The van der Waals surface area contributed by atoms with Crippen LogP contribution in [0.15, 0.2) is 53.5 Å². The number of anilines is 1. The molecule has 2 aromatic carbocycles. The fraction of sp³-hybridized carbons (Fsp3) is 0.174. The second-order valence-corrected chi connectivity index (χ2v) is 8.99. The smallest absolute Gasteiger partial charge is 0.416 e. The van der Waals surface area contributed by atoms with Gasteiger partial charge in [0.15, 0.2) is 3.95 Å². The number of benzene rings is 2. The van der Waals surface area contributed by atoms with Gasteiger partial charge in [0.25, 0.3) is 0 Å². The lowest BCUT2D eigenvalue weighted by Crippen LogP contribution is -2.13. The molecule has 33 heavy (non-hydrogen) atoms. The molecule has 1 aromatic heterocycles. The number of allylic oxidation sites excluding steroid dienone is 1. The third-order valence-electron chi connectivity index (χ3n) is 5.00. The number of nitrogens with zero attached hydrogens (tertiary/aromatic N) is 2. The van der Waals surface area contributed by atoms with E-state index in [0.29, 0.717) is 21.8 Å². The van der Waals surface area contributed by atoms with Gasteiger partial charge in [0, 0.05) is 36.0 Å². The fourth-order valence-electron chi connectivity index (χ4n) is 3.40. The molecule has 0 atom stereocenters. The van der Waals surface area contributed by atoms with Crippen molar-refractivity contribution in [2.45, 2.75) is 25.6 Å². The van der Waals surface area contributed by atoms with Gasteiger partial charge in [0.2, 0.25) is 11.8 Å². The zero-order chi connectivity index (χ0) is 23.6. The van der Waals surface area contributed by atoms with Crippen molar-refractivity contribution in [3.8, 4) is 5.88 Å². The van der Waals surface area contributed by atoms with E-state index in [0.717, 1.165) is 29.0 Å². The van der Waals surface area contributed by atoms with Gasteiger partial charge in [-0.2, -0.15) is 13.2 Å². The molecule has 0 radical (unpaired) electrons. The van der Waals surface area contributed by atoms with Gasteiger partial charge < -0.3 is 10.4 Å². The summed E-state index contributed by atoms with van der Waals surface area (Å²) in [6.07, 6.45) is -0.516. The number of aromatic nitrogens is 1. The highest BCUT2D eigenvalue weighted by atomic mass is 32.1. The second-order valence-electron chi connectivity index (χ2n) is 7.31. The summed E-state index contributed by atoms with van der Waals surface area (Å²) in [5.74, 6) is -0.412. The molecule has 4 rings (SSSR count). The Hall–Kier alpha value is -3.24. The maximum absolute atomic E-state index is 12.8. The number of hydrogen-bond acceptors (Lipinski definition) is 5. The largest absolute Gasteiger partial charge is 0.493 e. The minimum Gasteiger partial charge on any atom is -0.493 e. The number of halogens is 3. The van der Waals surface area contributed by atoms with Gasteiger partial charge in [-0.15, -0.1) is 11.3 Å². The maximum Gasteiger partial charge on any atom is 0.416 e. The number of alkyl halides is 3. The first-order valence-corrected chi connectivity index (χ1v) is 11.2. The molecule has 1 aliphatic rings. The normalized spacial score (nSPS) is 14.0. The lowest BCUT2D eigenvalue weighted by atomic mass is 10.1. The van der Waals surface area contributed by atoms with Crippen LogP contribution >= 0.6 is 23.6 Å². The lowest BCUT2D eigenvalue weighted by molar-refractivity contribution is -0.137. The number of hydrogen-bond donors (Lipinski definition) is 2. The van der Waals surface area contributed by atoms with Crippen molar-refractivity contribution in [1.29, 1.82) is 0 Å². The Balaban J connectivity index is 1.39. The minimum atomic E-state index is -4.48. The molecule has 0 spiro atoms. The maximum atomic E-state index is 12.8. The van der Waals surface area contributed by atoms with Gasteiger partial charge in [0.05, 0.1) is 16.1 Å². The summed E-state index contributed by atoms with van der Waals surface area (Å²) in [6, 6.07) is 12.2. The Morgan fingerprint density at radius 1 is 1.21 bits per heavy atom. The Bertz CT molecular complexity index is 1320. The predicted molar refractivity (Wildman–Crippen MR) is 127 cm³/mol. The van der Waals surface area contributed by atoms with E-state index in [9.17, 15) is 23.1 Å². The fourth-order valence-corrected chi connectivity index (χ4v) is 4.71. The van der Waals surface area contributed by atoms with Crippen LogP contribution in [0.2, 0.25) is 0 Å². The van der Waals surface area contributed by atoms with E-state index in [-0.39, 0.29) is 18.0 Å². The number of carbonyl (C=O) groups excluding carboxylic acids is 1. The van der Waals surface area contributed by atoms with Crippen LogP contribution in [0.5, 0.6) is 5.88 Å². The number of fused-ring (bicyclic) bond motifs is 1. The molecule has 170 valence electrons. The molecule has 0 aliphatic carbocycles. The van der Waals surface area contributed by atoms with Crippen molar-refractivity contribution >= 4 is 58.7 Å². The van der Waals surface area contributed by atoms with Gasteiger partial charge in [-0.1, -0.05) is 24.3 Å². The van der Waals surface area contributed by atoms with E-state index in [1.807, 2.05) is 30.3 Å². The number of aliphatic imine (C=N–C) groups is 1. The molecule has 10 heteroatoms. The summed E-state index contributed by atoms with van der Waals surface area (Å²) >= 11 is 6.61. The van der Waals surface area contributed by atoms with Crippen molar-refractivity contribution in [2.24, 2.45) is 4.99 Å². The van der Waals surface area contributed by atoms with Crippen molar-refractivity contribution in [1.82, 2.24) is 4.57 Å². The van der Waals surface area contributed by atoms with E-state index in [2.05, 4.69) is 10.3 Å². The number of para-hydroxylation sites is 1. The van der Waals surface area contributed by atoms with E-state index in [4.69, 9.17) is 12.2 Å². The summed E-state index contributed by atoms with van der Waals surface area (Å²) in [5, 5.41) is 13.1. The first-order chi connectivity index (χ1) is 15.7. The van der Waals surface area contributed by atoms with Gasteiger partial charge in [-0.05, 0) is 49.0 Å². The predicted octanol–water partition coefficient (Wildman–Crippen LogP) is 6.68. The highest BCUT2D eigenvalue weighted by Crippen LogP contribution is 2.36. The Labute approximate surface area is 196 Å². The molecule has 0 saturated carbocycles. The van der Waals surface area contributed by atoms with Crippen molar-refractivity contribution in [3.05, 3.63) is 68.5 Å². The average Bonchev–Trinajstić information content (AvgIpc) is 3.29. The van der Waals surface area contributed by atoms with E-state index in [1.165, 1.54) is 23.5 Å². The third-order valence-corrected chi connectivity index (χ3v) is 6.38. The highest BCUT2D eigenvalue weighted by Gasteiger charge is 2.30. The molecule has 2 heterocycles. The van der Waals surface area contributed by atoms with Gasteiger partial charge >= 0.3 is 6.18 Å². The molecular formula is C23H18F3N3O2S2. The SMILES string of the molecule is O=C(CCCn1c(O)c(/C=C2/C=Nc3ccccc32)sc1=S)Nc1cccc(C(F)(F)F)c1. The summed E-state index contributed by atoms with van der Waals surface area (Å²) in [7, 11) is 0. The Kier molecular flexibility index (Phi) is 6.48. The zero-order valence-electron chi connectivity index (χ0n) is 17.1. The number of rotatable bonds is 6. The lowest BCUT2D eigenvalue weighted by Gasteiger charge is -2.10. The van der Waals surface area contributed by atoms with Crippen molar-refractivity contribution in [2.75, 3.05) is 5.32 Å². The number of thiazole rings is 1. The molecule has 1 amide bonds. The van der Waals surface area contributed by atoms with Crippen LogP contribution in [0, 0.1) is 3.95 Å². The molecule has 0 unspecified atom stereocenters. The van der Waals surface area contributed by atoms with Crippen LogP contribution in [-0.4, -0.2) is 21.8 Å². The quantitative estimate of drug-likeness (QED) is 0.380. The molecule has 3 aromatic rings. The number of carbonyl (C=O) groups is 1. The van der Waals surface area contributed by atoms with E-state index in [1.54, 1.807) is 10.8 Å². The van der Waals surface area contributed by atoms with Gasteiger partial charge in [0.1, 0.15) is 0 Å². The van der Waals surface area contributed by atoms with E-state index < -0.39 is 17.6 Å². The Morgan fingerprint density at radius 3 is 2.79 bits per heavy atom. The van der Waals surface area contributed by atoms with Crippen LogP contribution < -0.4 is 5.32 Å². The summed E-state index contributed by atoms with van der Waals surface area (Å²) in [6.45, 7) is 0.297. The first kappa shape index (κ1) is 22.9. The molecule has 2 N–H and O–H groups in total. The third kappa shape index (κ3) is 5.23. The molecular weight excluding hydrogens is 471 g/mol. The molecule has 0 saturated heterocycles. The Morgan fingerprint density at radius 2 is 2.00 bits per heavy atom. The average molecular weight is 490 g/mol. The van der Waals surface area contributed by atoms with Crippen LogP contribution in [0.1, 0.15) is 28.8 Å². The molecule has 5 nitrogen and oxygen atoms in total. The summed E-state index contributed by atoms with van der Waals surface area (Å²) in [5.41, 5.74) is 1.94.